The molecule has 3 rings (SSSR count). The van der Waals surface area contributed by atoms with Crippen molar-refractivity contribution in [1.29, 1.82) is 0 Å². The number of hydrogen-bond acceptors (Lipinski definition) is 1. The quantitative estimate of drug-likeness (QED) is 0.853. The number of aromatic nitrogens is 1. The third kappa shape index (κ3) is 1.76. The summed E-state index contributed by atoms with van der Waals surface area (Å²) in [7, 11) is 2.09. The molecule has 0 radical (unpaired) electrons. The zero-order valence-corrected chi connectivity index (χ0v) is 11.7. The van der Waals surface area contributed by atoms with E-state index in [0.29, 0.717) is 6.42 Å². The van der Waals surface area contributed by atoms with Crippen molar-refractivity contribution in [3.05, 3.63) is 34.5 Å². The Hall–Kier alpha value is -1.77. The maximum absolute atomic E-state index is 11.2. The van der Waals surface area contributed by atoms with E-state index in [1.54, 1.807) is 0 Å². The first kappa shape index (κ1) is 12.3. The van der Waals surface area contributed by atoms with Gasteiger partial charge < -0.3 is 9.67 Å². The second-order valence-corrected chi connectivity index (χ2v) is 5.72. The molecule has 0 spiro atoms. The minimum atomic E-state index is -0.661. The molecule has 1 unspecified atom stereocenters. The second-order valence-electron chi connectivity index (χ2n) is 5.72. The number of fused-ring (bicyclic) bond motifs is 3. The van der Waals surface area contributed by atoms with Crippen LogP contribution in [0.4, 0.5) is 0 Å². The second kappa shape index (κ2) is 4.12. The number of rotatable bonds is 1. The molecule has 3 heteroatoms. The summed E-state index contributed by atoms with van der Waals surface area (Å²) < 4.78 is 2.25. The lowest BCUT2D eigenvalue weighted by atomic mass is 9.86. The molecule has 0 saturated heterocycles. The summed E-state index contributed by atoms with van der Waals surface area (Å²) in [6, 6.07) is 4.44. The Morgan fingerprint density at radius 3 is 2.68 bits per heavy atom. The van der Waals surface area contributed by atoms with Crippen LogP contribution in [-0.4, -0.2) is 15.6 Å². The summed E-state index contributed by atoms with van der Waals surface area (Å²) in [5.74, 6) is -0.883. The fraction of sp³-hybridized carbons (Fsp3) is 0.438. The predicted octanol–water partition coefficient (Wildman–Crippen LogP) is 2.98. The highest BCUT2D eigenvalue weighted by atomic mass is 16.4. The number of aliphatic carboxylic acids is 1. The van der Waals surface area contributed by atoms with Crippen molar-refractivity contribution in [1.82, 2.24) is 4.57 Å². The van der Waals surface area contributed by atoms with Gasteiger partial charge in [0.2, 0.25) is 0 Å². The Morgan fingerprint density at radius 2 is 2.00 bits per heavy atom. The highest BCUT2D eigenvalue weighted by Gasteiger charge is 2.28. The maximum atomic E-state index is 11.2. The van der Waals surface area contributed by atoms with Gasteiger partial charge in [0, 0.05) is 23.6 Å². The lowest BCUT2D eigenvalue weighted by Crippen LogP contribution is -2.22. The number of carboxylic acid groups (broad SMARTS) is 1. The molecule has 0 fully saturated rings. The average molecular weight is 257 g/mol. The first-order valence-corrected chi connectivity index (χ1v) is 6.79. The summed E-state index contributed by atoms with van der Waals surface area (Å²) in [6.07, 6.45) is 2.30. The first-order valence-electron chi connectivity index (χ1n) is 6.79. The third-order valence-corrected chi connectivity index (χ3v) is 4.58. The number of aryl methyl sites for hydroxylation is 3. The van der Waals surface area contributed by atoms with E-state index in [9.17, 15) is 9.90 Å². The van der Waals surface area contributed by atoms with Gasteiger partial charge in [-0.2, -0.15) is 0 Å². The van der Waals surface area contributed by atoms with E-state index in [2.05, 4.69) is 37.6 Å². The summed E-state index contributed by atoms with van der Waals surface area (Å²) in [4.78, 5) is 11.2. The van der Waals surface area contributed by atoms with E-state index in [0.717, 1.165) is 12.8 Å². The van der Waals surface area contributed by atoms with Crippen molar-refractivity contribution < 1.29 is 9.90 Å². The van der Waals surface area contributed by atoms with Crippen LogP contribution in [0.15, 0.2) is 12.1 Å². The molecule has 0 bridgehead atoms. The summed E-state index contributed by atoms with van der Waals surface area (Å²) in [5.41, 5.74) is 6.37. The lowest BCUT2D eigenvalue weighted by molar-refractivity contribution is -0.142. The van der Waals surface area contributed by atoms with Gasteiger partial charge in [0.25, 0.3) is 0 Å². The topological polar surface area (TPSA) is 42.2 Å². The predicted molar refractivity (Wildman–Crippen MR) is 75.5 cm³/mol. The minimum Gasteiger partial charge on any atom is -0.481 e. The molecule has 19 heavy (non-hydrogen) atoms. The van der Waals surface area contributed by atoms with E-state index in [4.69, 9.17) is 0 Å². The number of carboxylic acids is 1. The molecule has 100 valence electrons. The third-order valence-electron chi connectivity index (χ3n) is 4.58. The zero-order valence-electron chi connectivity index (χ0n) is 11.7. The average Bonchev–Trinajstić information content (AvgIpc) is 2.64. The van der Waals surface area contributed by atoms with E-state index < -0.39 is 5.97 Å². The molecule has 1 N–H and O–H groups in total. The van der Waals surface area contributed by atoms with Crippen LogP contribution in [0.2, 0.25) is 0 Å². The largest absolute Gasteiger partial charge is 0.481 e. The van der Waals surface area contributed by atoms with Gasteiger partial charge in [-0.25, -0.2) is 0 Å². The fourth-order valence-electron chi connectivity index (χ4n) is 3.24. The van der Waals surface area contributed by atoms with E-state index in [1.165, 1.54) is 33.3 Å². The molecule has 3 nitrogen and oxygen atoms in total. The number of nitrogens with zero attached hydrogens (tertiary/aromatic N) is 1. The molecular weight excluding hydrogens is 238 g/mol. The lowest BCUT2D eigenvalue weighted by Gasteiger charge is -2.19. The Balaban J connectivity index is 2.23. The van der Waals surface area contributed by atoms with Crippen LogP contribution in [0.3, 0.4) is 0 Å². The van der Waals surface area contributed by atoms with Crippen molar-refractivity contribution in [3.8, 4) is 0 Å². The van der Waals surface area contributed by atoms with Crippen molar-refractivity contribution in [3.63, 3.8) is 0 Å². The van der Waals surface area contributed by atoms with Gasteiger partial charge in [0.1, 0.15) is 0 Å². The Morgan fingerprint density at radius 1 is 1.32 bits per heavy atom. The van der Waals surface area contributed by atoms with Gasteiger partial charge in [-0.3, -0.25) is 4.79 Å². The van der Waals surface area contributed by atoms with Crippen LogP contribution < -0.4 is 0 Å². The molecule has 1 aromatic carbocycles. The van der Waals surface area contributed by atoms with Gasteiger partial charge in [-0.15, -0.1) is 0 Å². The first-order chi connectivity index (χ1) is 8.99. The molecule has 0 aliphatic heterocycles. The summed E-state index contributed by atoms with van der Waals surface area (Å²) in [5, 5.41) is 10.5. The molecule has 2 aromatic rings. The highest BCUT2D eigenvalue weighted by Crippen LogP contribution is 2.35. The monoisotopic (exact) mass is 257 g/mol. The summed E-state index contributed by atoms with van der Waals surface area (Å²) in [6.45, 7) is 4.24. The van der Waals surface area contributed by atoms with Crippen molar-refractivity contribution in [2.75, 3.05) is 0 Å². The maximum Gasteiger partial charge on any atom is 0.306 e. The van der Waals surface area contributed by atoms with Gasteiger partial charge in [0.05, 0.1) is 5.92 Å². The van der Waals surface area contributed by atoms with Crippen LogP contribution in [0, 0.1) is 19.8 Å². The van der Waals surface area contributed by atoms with Gasteiger partial charge in [0.15, 0.2) is 0 Å². The van der Waals surface area contributed by atoms with Crippen molar-refractivity contribution in [2.45, 2.75) is 33.1 Å². The fourth-order valence-corrected chi connectivity index (χ4v) is 3.24. The molecule has 1 aliphatic carbocycles. The minimum absolute atomic E-state index is 0.222. The Bertz CT molecular complexity index is 682. The molecule has 1 aromatic heterocycles. The Kier molecular flexibility index (Phi) is 2.66. The summed E-state index contributed by atoms with van der Waals surface area (Å²) >= 11 is 0. The molecular formula is C16H19NO2. The van der Waals surface area contributed by atoms with Crippen molar-refractivity contribution >= 4 is 16.9 Å². The van der Waals surface area contributed by atoms with Crippen LogP contribution in [0.1, 0.15) is 28.8 Å². The standard InChI is InChI=1S/C16H19NO2/c1-9-6-12-13-8-11(16(18)19)4-5-14(13)17(3)15(12)7-10(9)2/h6-7,11H,4-5,8H2,1-3H3,(H,18,19). The highest BCUT2D eigenvalue weighted by molar-refractivity contribution is 5.88. The molecule has 0 amide bonds. The number of carbonyl (C=O) groups is 1. The zero-order chi connectivity index (χ0) is 13.7. The van der Waals surface area contributed by atoms with Gasteiger partial charge in [-0.1, -0.05) is 0 Å². The number of benzene rings is 1. The van der Waals surface area contributed by atoms with Crippen molar-refractivity contribution in [2.24, 2.45) is 13.0 Å². The molecule has 1 heterocycles. The van der Waals surface area contributed by atoms with Gasteiger partial charge in [-0.05, 0) is 61.9 Å². The van der Waals surface area contributed by atoms with Crippen LogP contribution >= 0.6 is 0 Å². The van der Waals surface area contributed by atoms with Gasteiger partial charge >= 0.3 is 5.97 Å². The SMILES string of the molecule is Cc1cc2c3c(n(C)c2cc1C)CCC(C(=O)O)C3. The van der Waals surface area contributed by atoms with E-state index >= 15 is 0 Å². The smallest absolute Gasteiger partial charge is 0.306 e. The molecule has 1 atom stereocenters. The van der Waals surface area contributed by atoms with Crippen LogP contribution in [0.5, 0.6) is 0 Å². The van der Waals surface area contributed by atoms with E-state index in [1.807, 2.05) is 0 Å². The molecule has 0 saturated carbocycles. The van der Waals surface area contributed by atoms with Crippen LogP contribution in [0.25, 0.3) is 10.9 Å². The van der Waals surface area contributed by atoms with Crippen LogP contribution in [-0.2, 0) is 24.7 Å². The number of hydrogen-bond donors (Lipinski definition) is 1. The normalized spacial score (nSPS) is 18.6. The Labute approximate surface area is 112 Å². The molecule has 1 aliphatic rings. The van der Waals surface area contributed by atoms with E-state index in [-0.39, 0.29) is 5.92 Å².